The Morgan fingerprint density at radius 2 is 2.03 bits per heavy atom. The summed E-state index contributed by atoms with van der Waals surface area (Å²) in [5.74, 6) is 0.704. The highest BCUT2D eigenvalue weighted by Gasteiger charge is 2.20. The van der Waals surface area contributed by atoms with E-state index in [-0.39, 0.29) is 5.91 Å². The predicted octanol–water partition coefficient (Wildman–Crippen LogP) is 4.19. The zero-order valence-electron chi connectivity index (χ0n) is 16.6. The normalized spacial score (nSPS) is 11.0. The molecule has 0 spiro atoms. The van der Waals surface area contributed by atoms with Gasteiger partial charge in [-0.3, -0.25) is 9.48 Å². The Bertz CT molecular complexity index is 1150. The summed E-state index contributed by atoms with van der Waals surface area (Å²) in [5, 5.41) is 7.32. The Balaban J connectivity index is 1.70. The fourth-order valence-corrected chi connectivity index (χ4v) is 4.16. The number of ether oxygens (including phenoxy) is 1. The van der Waals surface area contributed by atoms with Gasteiger partial charge in [0.1, 0.15) is 5.75 Å². The van der Waals surface area contributed by atoms with Crippen LogP contribution in [-0.4, -0.2) is 32.7 Å². The molecule has 0 radical (unpaired) electrons. The second kappa shape index (κ2) is 8.05. The molecule has 0 saturated carbocycles. The van der Waals surface area contributed by atoms with Crippen LogP contribution in [0.25, 0.3) is 11.0 Å². The molecule has 1 amide bonds. The highest BCUT2D eigenvalue weighted by Crippen LogP contribution is 2.24. The second-order valence-electron chi connectivity index (χ2n) is 6.86. The van der Waals surface area contributed by atoms with Crippen molar-refractivity contribution >= 4 is 28.3 Å². The van der Waals surface area contributed by atoms with Gasteiger partial charge in [0.25, 0.3) is 5.91 Å². The molecule has 7 heteroatoms. The summed E-state index contributed by atoms with van der Waals surface area (Å²) < 4.78 is 7.22. The van der Waals surface area contributed by atoms with E-state index >= 15 is 0 Å². The second-order valence-corrected chi connectivity index (χ2v) is 7.89. The third-order valence-corrected chi connectivity index (χ3v) is 5.74. The molecule has 0 saturated heterocycles. The van der Waals surface area contributed by atoms with Gasteiger partial charge in [-0.15, -0.1) is 11.3 Å². The molecule has 4 aromatic rings. The van der Waals surface area contributed by atoms with E-state index in [4.69, 9.17) is 4.74 Å². The molecule has 3 heterocycles. The van der Waals surface area contributed by atoms with Gasteiger partial charge in [-0.1, -0.05) is 24.3 Å². The molecular weight excluding hydrogens is 384 g/mol. The molecule has 0 aliphatic carbocycles. The zero-order chi connectivity index (χ0) is 20.4. The smallest absolute Gasteiger partial charge is 0.256 e. The summed E-state index contributed by atoms with van der Waals surface area (Å²) in [5.41, 5.74) is 3.15. The van der Waals surface area contributed by atoms with Crippen LogP contribution in [0, 0.1) is 6.92 Å². The molecular formula is C22H22N4O2S. The summed E-state index contributed by atoms with van der Waals surface area (Å²) in [6.45, 7) is 2.90. The van der Waals surface area contributed by atoms with Gasteiger partial charge < -0.3 is 9.64 Å². The number of para-hydroxylation sites is 1. The Morgan fingerprint density at radius 3 is 2.79 bits per heavy atom. The van der Waals surface area contributed by atoms with E-state index in [9.17, 15) is 4.79 Å². The minimum absolute atomic E-state index is 0.0676. The number of methoxy groups -OCH3 is 1. The lowest BCUT2D eigenvalue weighted by atomic mass is 10.1. The summed E-state index contributed by atoms with van der Waals surface area (Å²) >= 11 is 1.64. The van der Waals surface area contributed by atoms with Crippen LogP contribution in [0.5, 0.6) is 5.75 Å². The Labute approximate surface area is 173 Å². The standard InChI is InChI=1S/C22H22N4O2S/c1-15-19-11-17(12-23-21(19)25(2)24-15)22(27)26(14-18-8-6-10-29-18)13-16-7-4-5-9-20(16)28-3/h4-12H,13-14H2,1-3H3. The molecule has 0 N–H and O–H groups in total. The van der Waals surface area contributed by atoms with Gasteiger partial charge in [0.05, 0.1) is 31.5 Å². The van der Waals surface area contributed by atoms with E-state index in [1.54, 1.807) is 29.3 Å². The van der Waals surface area contributed by atoms with Gasteiger partial charge in [-0.25, -0.2) is 4.98 Å². The van der Waals surface area contributed by atoms with Crippen molar-refractivity contribution < 1.29 is 9.53 Å². The van der Waals surface area contributed by atoms with Crippen molar-refractivity contribution in [3.63, 3.8) is 0 Å². The number of amides is 1. The van der Waals surface area contributed by atoms with E-state index in [1.807, 2.05) is 66.7 Å². The molecule has 0 aliphatic heterocycles. The highest BCUT2D eigenvalue weighted by atomic mass is 32.1. The van der Waals surface area contributed by atoms with Gasteiger partial charge >= 0.3 is 0 Å². The van der Waals surface area contributed by atoms with Crippen LogP contribution in [0.1, 0.15) is 26.5 Å². The van der Waals surface area contributed by atoms with E-state index in [2.05, 4.69) is 10.1 Å². The Hall–Kier alpha value is -3.19. The molecule has 1 aromatic carbocycles. The quantitative estimate of drug-likeness (QED) is 0.482. The first-order chi connectivity index (χ1) is 14.1. The van der Waals surface area contributed by atoms with Crippen LogP contribution in [0.2, 0.25) is 0 Å². The third-order valence-electron chi connectivity index (χ3n) is 4.88. The highest BCUT2D eigenvalue weighted by molar-refractivity contribution is 7.09. The lowest BCUT2D eigenvalue weighted by Gasteiger charge is -2.23. The third kappa shape index (κ3) is 3.86. The maximum absolute atomic E-state index is 13.5. The number of hydrogen-bond donors (Lipinski definition) is 0. The SMILES string of the molecule is COc1ccccc1CN(Cc1cccs1)C(=O)c1cnc2c(c1)c(C)nn2C. The molecule has 29 heavy (non-hydrogen) atoms. The average molecular weight is 407 g/mol. The Morgan fingerprint density at radius 1 is 1.21 bits per heavy atom. The average Bonchev–Trinajstić information content (AvgIpc) is 3.35. The fourth-order valence-electron chi connectivity index (χ4n) is 3.44. The number of benzene rings is 1. The van der Waals surface area contributed by atoms with Gasteiger partial charge in [-0.2, -0.15) is 5.10 Å². The van der Waals surface area contributed by atoms with Crippen molar-refractivity contribution in [2.24, 2.45) is 7.05 Å². The molecule has 0 bridgehead atoms. The first-order valence-electron chi connectivity index (χ1n) is 9.29. The van der Waals surface area contributed by atoms with Crippen LogP contribution in [0.3, 0.4) is 0 Å². The predicted molar refractivity (Wildman–Crippen MR) is 114 cm³/mol. The van der Waals surface area contributed by atoms with Crippen LogP contribution >= 0.6 is 11.3 Å². The molecule has 6 nitrogen and oxygen atoms in total. The molecule has 0 atom stereocenters. The van der Waals surface area contributed by atoms with E-state index < -0.39 is 0 Å². The number of carbonyl (C=O) groups excluding carboxylic acids is 1. The van der Waals surface area contributed by atoms with Gasteiger partial charge in [0.15, 0.2) is 5.65 Å². The Kier molecular flexibility index (Phi) is 5.31. The lowest BCUT2D eigenvalue weighted by molar-refractivity contribution is 0.0730. The number of rotatable bonds is 6. The summed E-state index contributed by atoms with van der Waals surface area (Å²) in [6, 6.07) is 13.7. The zero-order valence-corrected chi connectivity index (χ0v) is 17.4. The first-order valence-corrected chi connectivity index (χ1v) is 10.2. The monoisotopic (exact) mass is 406 g/mol. The number of aryl methyl sites for hydroxylation is 2. The van der Waals surface area contributed by atoms with Crippen molar-refractivity contribution in [3.8, 4) is 5.75 Å². The first kappa shape index (κ1) is 19.1. The molecule has 3 aromatic heterocycles. The minimum atomic E-state index is -0.0676. The van der Waals surface area contributed by atoms with Crippen LogP contribution in [-0.2, 0) is 20.1 Å². The summed E-state index contributed by atoms with van der Waals surface area (Å²) in [6.07, 6.45) is 1.63. The molecule has 4 rings (SSSR count). The molecule has 148 valence electrons. The topological polar surface area (TPSA) is 60.2 Å². The maximum Gasteiger partial charge on any atom is 0.256 e. The van der Waals surface area contributed by atoms with E-state index in [1.165, 1.54) is 0 Å². The summed E-state index contributed by atoms with van der Waals surface area (Å²) in [4.78, 5) is 20.9. The van der Waals surface area contributed by atoms with E-state index in [0.717, 1.165) is 32.9 Å². The summed E-state index contributed by atoms with van der Waals surface area (Å²) in [7, 11) is 3.50. The van der Waals surface area contributed by atoms with Gasteiger partial charge in [0.2, 0.25) is 0 Å². The lowest BCUT2D eigenvalue weighted by Crippen LogP contribution is -2.30. The number of hydrogen-bond acceptors (Lipinski definition) is 5. The fraction of sp³-hybridized carbons (Fsp3) is 0.227. The van der Waals surface area contributed by atoms with Crippen molar-refractivity contribution in [1.82, 2.24) is 19.7 Å². The number of carbonyl (C=O) groups is 1. The molecule has 0 fully saturated rings. The van der Waals surface area contributed by atoms with Crippen molar-refractivity contribution in [2.45, 2.75) is 20.0 Å². The number of aromatic nitrogens is 3. The number of pyridine rings is 1. The van der Waals surface area contributed by atoms with Gasteiger partial charge in [0, 0.05) is 29.1 Å². The van der Waals surface area contributed by atoms with E-state index in [0.29, 0.717) is 18.7 Å². The van der Waals surface area contributed by atoms with Crippen molar-refractivity contribution in [2.75, 3.05) is 7.11 Å². The molecule has 0 unspecified atom stereocenters. The number of fused-ring (bicyclic) bond motifs is 1. The maximum atomic E-state index is 13.5. The van der Waals surface area contributed by atoms with Crippen LogP contribution < -0.4 is 4.74 Å². The van der Waals surface area contributed by atoms with Crippen molar-refractivity contribution in [1.29, 1.82) is 0 Å². The minimum Gasteiger partial charge on any atom is -0.496 e. The van der Waals surface area contributed by atoms with Crippen LogP contribution in [0.15, 0.2) is 54.0 Å². The van der Waals surface area contributed by atoms with Crippen molar-refractivity contribution in [3.05, 3.63) is 75.7 Å². The largest absolute Gasteiger partial charge is 0.496 e. The number of nitrogens with zero attached hydrogens (tertiary/aromatic N) is 4. The van der Waals surface area contributed by atoms with Gasteiger partial charge in [-0.05, 0) is 30.5 Å². The van der Waals surface area contributed by atoms with Crippen LogP contribution in [0.4, 0.5) is 0 Å². The molecule has 0 aliphatic rings. The number of thiophene rings is 1.